The molecule has 6 heteroatoms. The fourth-order valence-corrected chi connectivity index (χ4v) is 6.86. The zero-order valence-corrected chi connectivity index (χ0v) is 38.3. The highest BCUT2D eigenvalue weighted by molar-refractivity contribution is 5.71. The number of esters is 3. The molecule has 0 N–H and O–H groups in total. The molecule has 0 rings (SSSR count). The summed E-state index contributed by atoms with van der Waals surface area (Å²) in [5.74, 6) is -0.903. The highest BCUT2D eigenvalue weighted by Crippen LogP contribution is 2.14. The summed E-state index contributed by atoms with van der Waals surface area (Å²) in [7, 11) is 0. The van der Waals surface area contributed by atoms with Gasteiger partial charge in [0.2, 0.25) is 0 Å². The highest BCUT2D eigenvalue weighted by atomic mass is 16.6. The second kappa shape index (κ2) is 47.1. The lowest BCUT2D eigenvalue weighted by molar-refractivity contribution is -0.167. The third-order valence-corrected chi connectivity index (χ3v) is 10.6. The first-order chi connectivity index (χ1) is 28.5. The van der Waals surface area contributed by atoms with E-state index in [2.05, 4.69) is 69.4 Å². The Morgan fingerprint density at radius 3 is 1.07 bits per heavy atom. The first-order valence-corrected chi connectivity index (χ1v) is 24.6. The number of rotatable bonds is 44. The lowest BCUT2D eigenvalue weighted by atomic mass is 10.1. The van der Waals surface area contributed by atoms with Gasteiger partial charge >= 0.3 is 17.9 Å². The van der Waals surface area contributed by atoms with Crippen LogP contribution >= 0.6 is 0 Å². The van der Waals surface area contributed by atoms with E-state index in [1.54, 1.807) is 0 Å². The molecule has 6 nitrogen and oxygen atoms in total. The van der Waals surface area contributed by atoms with Gasteiger partial charge in [0, 0.05) is 19.3 Å². The van der Waals surface area contributed by atoms with Crippen LogP contribution in [-0.2, 0) is 28.6 Å². The SMILES string of the molecule is CC/C=C\C/C=C\C/C=C\CCCCCCCC(=O)OC[C@@H](COC(=O)CCCCCCCCCCCCC)OC(=O)CCCCCCC/C=C\CCCCCCC. The van der Waals surface area contributed by atoms with Gasteiger partial charge in [0.1, 0.15) is 13.2 Å². The van der Waals surface area contributed by atoms with Crippen LogP contribution in [0, 0.1) is 0 Å². The molecule has 0 saturated carbocycles. The summed E-state index contributed by atoms with van der Waals surface area (Å²) < 4.78 is 16.7. The Bertz CT molecular complexity index is 1030. The van der Waals surface area contributed by atoms with Crippen molar-refractivity contribution in [2.24, 2.45) is 0 Å². The van der Waals surface area contributed by atoms with Crippen molar-refractivity contribution in [2.75, 3.05) is 13.2 Å². The van der Waals surface area contributed by atoms with Gasteiger partial charge in [0.15, 0.2) is 6.10 Å². The fourth-order valence-electron chi connectivity index (χ4n) is 6.86. The van der Waals surface area contributed by atoms with Crippen molar-refractivity contribution in [2.45, 2.75) is 252 Å². The molecule has 0 aliphatic carbocycles. The minimum absolute atomic E-state index is 0.0802. The summed E-state index contributed by atoms with van der Waals surface area (Å²) in [6.45, 7) is 6.49. The summed E-state index contributed by atoms with van der Waals surface area (Å²) in [5.41, 5.74) is 0. The quantitative estimate of drug-likeness (QED) is 0.0264. The van der Waals surface area contributed by atoms with Crippen molar-refractivity contribution in [3.8, 4) is 0 Å². The van der Waals surface area contributed by atoms with Gasteiger partial charge in [-0.05, 0) is 77.0 Å². The Balaban J connectivity index is 4.40. The van der Waals surface area contributed by atoms with Crippen LogP contribution in [0.4, 0.5) is 0 Å². The first-order valence-electron chi connectivity index (χ1n) is 24.6. The van der Waals surface area contributed by atoms with Crippen molar-refractivity contribution in [3.63, 3.8) is 0 Å². The maximum absolute atomic E-state index is 12.8. The molecule has 0 fully saturated rings. The van der Waals surface area contributed by atoms with Gasteiger partial charge in [-0.1, -0.05) is 198 Å². The van der Waals surface area contributed by atoms with Crippen LogP contribution < -0.4 is 0 Å². The molecule has 0 unspecified atom stereocenters. The van der Waals surface area contributed by atoms with E-state index < -0.39 is 6.10 Å². The van der Waals surface area contributed by atoms with Crippen molar-refractivity contribution in [1.82, 2.24) is 0 Å². The standard InChI is InChI=1S/C52H92O6/c1-4-7-10-13-16-19-22-24-26-28-30-33-36-39-42-45-51(54)57-48-49(47-56-50(53)44-41-38-35-32-29-21-18-15-12-9-6-3)58-52(55)46-43-40-37-34-31-27-25-23-20-17-14-11-8-5-2/h7,10,16,19,23-26,49H,4-6,8-9,11-15,17-18,20-22,27-48H2,1-3H3/b10-7-,19-16-,25-23-,26-24-/t49-/m1/s1. The fraction of sp³-hybridized carbons (Fsp3) is 0.788. The van der Waals surface area contributed by atoms with Crippen LogP contribution in [0.3, 0.4) is 0 Å². The molecular weight excluding hydrogens is 721 g/mol. The van der Waals surface area contributed by atoms with E-state index in [1.807, 2.05) is 0 Å². The lowest BCUT2D eigenvalue weighted by Crippen LogP contribution is -2.30. The summed E-state index contributed by atoms with van der Waals surface area (Å²) in [4.78, 5) is 37.8. The Kier molecular flexibility index (Phi) is 44.9. The molecule has 0 aliphatic rings. The second-order valence-electron chi connectivity index (χ2n) is 16.3. The van der Waals surface area contributed by atoms with E-state index in [0.29, 0.717) is 19.3 Å². The summed E-state index contributed by atoms with van der Waals surface area (Å²) in [5, 5.41) is 0. The monoisotopic (exact) mass is 813 g/mol. The van der Waals surface area contributed by atoms with Crippen LogP contribution in [0.1, 0.15) is 245 Å². The van der Waals surface area contributed by atoms with E-state index in [1.165, 1.54) is 96.3 Å². The van der Waals surface area contributed by atoms with Crippen molar-refractivity contribution < 1.29 is 28.6 Å². The molecule has 0 aromatic rings. The maximum atomic E-state index is 12.8. The Morgan fingerprint density at radius 1 is 0.362 bits per heavy atom. The van der Waals surface area contributed by atoms with E-state index in [9.17, 15) is 14.4 Å². The predicted octanol–water partition coefficient (Wildman–Crippen LogP) is 15.9. The zero-order chi connectivity index (χ0) is 42.3. The van der Waals surface area contributed by atoms with E-state index >= 15 is 0 Å². The van der Waals surface area contributed by atoms with Gasteiger partial charge in [0.05, 0.1) is 0 Å². The van der Waals surface area contributed by atoms with E-state index in [0.717, 1.165) is 109 Å². The molecule has 0 saturated heterocycles. The Morgan fingerprint density at radius 2 is 0.672 bits per heavy atom. The third-order valence-electron chi connectivity index (χ3n) is 10.6. The number of allylic oxidation sites excluding steroid dienone is 8. The smallest absolute Gasteiger partial charge is 0.306 e. The number of hydrogen-bond donors (Lipinski definition) is 0. The molecule has 0 bridgehead atoms. The molecule has 0 radical (unpaired) electrons. The van der Waals surface area contributed by atoms with Crippen LogP contribution in [0.15, 0.2) is 48.6 Å². The molecule has 0 heterocycles. The first kappa shape index (κ1) is 55.4. The minimum Gasteiger partial charge on any atom is -0.462 e. The number of unbranched alkanes of at least 4 members (excludes halogenated alkanes) is 25. The topological polar surface area (TPSA) is 78.9 Å². The maximum Gasteiger partial charge on any atom is 0.306 e. The number of carbonyl (C=O) groups is 3. The van der Waals surface area contributed by atoms with Crippen molar-refractivity contribution >= 4 is 17.9 Å². The molecule has 0 aromatic carbocycles. The van der Waals surface area contributed by atoms with Gasteiger partial charge in [-0.25, -0.2) is 0 Å². The highest BCUT2D eigenvalue weighted by Gasteiger charge is 2.19. The zero-order valence-electron chi connectivity index (χ0n) is 38.3. The molecule has 0 aromatic heterocycles. The summed E-state index contributed by atoms with van der Waals surface area (Å²) in [6, 6.07) is 0. The average Bonchev–Trinajstić information content (AvgIpc) is 3.22. The third kappa shape index (κ3) is 44.5. The summed E-state index contributed by atoms with van der Waals surface area (Å²) in [6.07, 6.45) is 55.2. The molecule has 58 heavy (non-hydrogen) atoms. The second-order valence-corrected chi connectivity index (χ2v) is 16.3. The number of hydrogen-bond acceptors (Lipinski definition) is 6. The molecule has 336 valence electrons. The van der Waals surface area contributed by atoms with Crippen LogP contribution in [0.2, 0.25) is 0 Å². The average molecular weight is 813 g/mol. The lowest BCUT2D eigenvalue weighted by Gasteiger charge is -2.18. The van der Waals surface area contributed by atoms with Gasteiger partial charge in [-0.3, -0.25) is 14.4 Å². The molecular formula is C52H92O6. The normalized spacial score (nSPS) is 12.4. The molecule has 1 atom stereocenters. The summed E-state index contributed by atoms with van der Waals surface area (Å²) >= 11 is 0. The Hall–Kier alpha value is -2.63. The number of ether oxygens (including phenoxy) is 3. The van der Waals surface area contributed by atoms with Crippen LogP contribution in [0.5, 0.6) is 0 Å². The number of carbonyl (C=O) groups excluding carboxylic acids is 3. The molecule has 0 amide bonds. The van der Waals surface area contributed by atoms with Gasteiger partial charge in [-0.15, -0.1) is 0 Å². The Labute approximate surface area is 358 Å². The largest absolute Gasteiger partial charge is 0.462 e. The van der Waals surface area contributed by atoms with Gasteiger partial charge in [0.25, 0.3) is 0 Å². The van der Waals surface area contributed by atoms with Crippen LogP contribution in [0.25, 0.3) is 0 Å². The van der Waals surface area contributed by atoms with E-state index in [-0.39, 0.29) is 31.1 Å². The van der Waals surface area contributed by atoms with Crippen LogP contribution in [-0.4, -0.2) is 37.2 Å². The van der Waals surface area contributed by atoms with Gasteiger partial charge < -0.3 is 14.2 Å². The van der Waals surface area contributed by atoms with Gasteiger partial charge in [-0.2, -0.15) is 0 Å². The van der Waals surface area contributed by atoms with E-state index in [4.69, 9.17) is 14.2 Å². The predicted molar refractivity (Wildman–Crippen MR) is 247 cm³/mol. The van der Waals surface area contributed by atoms with Crippen molar-refractivity contribution in [1.29, 1.82) is 0 Å². The minimum atomic E-state index is -0.780. The van der Waals surface area contributed by atoms with Crippen molar-refractivity contribution in [3.05, 3.63) is 48.6 Å². The molecule has 0 aliphatic heterocycles. The molecule has 0 spiro atoms.